The smallest absolute Gasteiger partial charge is 0.165 e. The summed E-state index contributed by atoms with van der Waals surface area (Å²) in [5.41, 5.74) is 0.727. The number of aromatic nitrogens is 3. The Morgan fingerprint density at radius 3 is 2.34 bits per heavy atom. The average Bonchev–Trinajstić information content (AvgIpc) is 2.81. The molecule has 4 rings (SSSR count). The predicted molar refractivity (Wildman–Crippen MR) is 137 cm³/mol. The lowest BCUT2D eigenvalue weighted by molar-refractivity contribution is -0.127. The molecule has 0 amide bonds. The highest BCUT2D eigenvalue weighted by atomic mass is 16.3. The lowest BCUT2D eigenvalue weighted by Gasteiger charge is -2.55. The minimum Gasteiger partial charge on any atom is -0.380 e. The Labute approximate surface area is 208 Å². The second-order valence-electron chi connectivity index (χ2n) is 10.5. The number of hydrogen-bond acceptors (Lipinski definition) is 6. The van der Waals surface area contributed by atoms with Gasteiger partial charge in [-0.15, -0.1) is 0 Å². The van der Waals surface area contributed by atoms with Crippen LogP contribution in [-0.2, 0) is 11.2 Å². The van der Waals surface area contributed by atoms with Crippen molar-refractivity contribution in [1.82, 2.24) is 19.9 Å². The molecule has 0 radical (unpaired) electrons. The van der Waals surface area contributed by atoms with Crippen molar-refractivity contribution in [1.29, 1.82) is 0 Å². The van der Waals surface area contributed by atoms with Crippen molar-refractivity contribution < 1.29 is 10.2 Å². The zero-order valence-electron chi connectivity index (χ0n) is 21.4. The molecule has 35 heavy (non-hydrogen) atoms. The average molecular weight is 471 g/mol. The van der Waals surface area contributed by atoms with Gasteiger partial charge in [-0.05, 0) is 50.1 Å². The van der Waals surface area contributed by atoms with Gasteiger partial charge in [0.15, 0.2) is 5.60 Å². The summed E-state index contributed by atoms with van der Waals surface area (Å²) >= 11 is 0. The molecule has 2 aromatic heterocycles. The summed E-state index contributed by atoms with van der Waals surface area (Å²) in [7, 11) is 2.06. The van der Waals surface area contributed by atoms with Gasteiger partial charge < -0.3 is 15.1 Å². The Hall–Kier alpha value is -3.11. The summed E-state index contributed by atoms with van der Waals surface area (Å²) in [5, 5.41) is 23.3. The fourth-order valence-electron chi connectivity index (χ4n) is 5.04. The molecule has 2 unspecified atom stereocenters. The quantitative estimate of drug-likeness (QED) is 0.553. The van der Waals surface area contributed by atoms with Crippen LogP contribution in [0.25, 0.3) is 0 Å². The van der Waals surface area contributed by atoms with Crippen LogP contribution in [0, 0.1) is 24.2 Å². The van der Waals surface area contributed by atoms with E-state index in [2.05, 4.69) is 71.6 Å². The monoisotopic (exact) mass is 470 g/mol. The molecule has 6 nitrogen and oxygen atoms in total. The van der Waals surface area contributed by atoms with E-state index in [9.17, 15) is 10.2 Å². The molecule has 0 saturated carbocycles. The number of hydrogen-bond donors (Lipinski definition) is 2. The lowest BCUT2D eigenvalue weighted by Crippen LogP contribution is -2.63. The molecular weight excluding hydrogens is 436 g/mol. The van der Waals surface area contributed by atoms with Crippen LogP contribution < -0.4 is 0 Å². The van der Waals surface area contributed by atoms with Crippen LogP contribution >= 0.6 is 0 Å². The largest absolute Gasteiger partial charge is 0.380 e. The van der Waals surface area contributed by atoms with Crippen LogP contribution in [-0.4, -0.2) is 50.2 Å². The van der Waals surface area contributed by atoms with E-state index in [1.807, 2.05) is 18.2 Å². The molecule has 0 spiro atoms. The molecule has 3 heterocycles. The molecule has 1 aromatic carbocycles. The number of pyridine rings is 1. The third-order valence-corrected chi connectivity index (χ3v) is 6.99. The molecule has 1 fully saturated rings. The van der Waals surface area contributed by atoms with Crippen molar-refractivity contribution in [3.05, 3.63) is 88.8 Å². The van der Waals surface area contributed by atoms with Gasteiger partial charge in [-0.3, -0.25) is 4.98 Å². The zero-order valence-corrected chi connectivity index (χ0v) is 21.4. The first-order valence-corrected chi connectivity index (χ1v) is 12.0. The van der Waals surface area contributed by atoms with Crippen molar-refractivity contribution in [2.45, 2.75) is 51.7 Å². The molecule has 3 aromatic rings. The number of likely N-dealkylation sites (tertiary alicyclic amines) is 1. The van der Waals surface area contributed by atoms with E-state index in [0.717, 1.165) is 18.7 Å². The molecule has 2 atom stereocenters. The fourth-order valence-corrected chi connectivity index (χ4v) is 5.04. The Kier molecular flexibility index (Phi) is 6.54. The van der Waals surface area contributed by atoms with Gasteiger partial charge in [-0.1, -0.05) is 56.9 Å². The Morgan fingerprint density at radius 2 is 1.74 bits per heavy atom. The molecule has 182 valence electrons. The normalized spacial score (nSPS) is 18.7. The van der Waals surface area contributed by atoms with Gasteiger partial charge >= 0.3 is 0 Å². The maximum atomic E-state index is 12.4. The lowest BCUT2D eigenvalue weighted by atomic mass is 9.62. The third-order valence-electron chi connectivity index (χ3n) is 6.99. The summed E-state index contributed by atoms with van der Waals surface area (Å²) < 4.78 is 0. The minimum absolute atomic E-state index is 0.390. The molecule has 6 heteroatoms. The number of nitrogens with zero attached hydrogens (tertiary/aromatic N) is 4. The van der Waals surface area contributed by atoms with Crippen LogP contribution in [0.15, 0.2) is 55.0 Å². The van der Waals surface area contributed by atoms with Gasteiger partial charge in [-0.2, -0.15) is 0 Å². The Bertz CT molecular complexity index is 1270. The van der Waals surface area contributed by atoms with E-state index >= 15 is 0 Å². The number of aryl methyl sites for hydroxylation is 1. The number of benzene rings is 1. The van der Waals surface area contributed by atoms with Crippen LogP contribution in [0.5, 0.6) is 0 Å². The maximum absolute atomic E-state index is 12.4. The van der Waals surface area contributed by atoms with Crippen molar-refractivity contribution >= 4 is 0 Å². The van der Waals surface area contributed by atoms with Gasteiger partial charge in [0.25, 0.3) is 0 Å². The second kappa shape index (κ2) is 9.16. The first kappa shape index (κ1) is 25.0. The molecule has 1 aliphatic rings. The van der Waals surface area contributed by atoms with Gasteiger partial charge in [0, 0.05) is 48.2 Å². The van der Waals surface area contributed by atoms with Crippen molar-refractivity contribution in [3.8, 4) is 11.8 Å². The summed E-state index contributed by atoms with van der Waals surface area (Å²) in [6.45, 7) is 11.3. The van der Waals surface area contributed by atoms with Crippen molar-refractivity contribution in [2.75, 3.05) is 20.1 Å². The van der Waals surface area contributed by atoms with E-state index in [1.54, 1.807) is 38.5 Å². The van der Waals surface area contributed by atoms with E-state index in [0.29, 0.717) is 28.6 Å². The zero-order chi connectivity index (χ0) is 25.4. The first-order chi connectivity index (χ1) is 16.4. The number of rotatable bonds is 5. The predicted octanol–water partition coefficient (Wildman–Crippen LogP) is 3.75. The van der Waals surface area contributed by atoms with Gasteiger partial charge in [0.1, 0.15) is 11.4 Å². The molecule has 1 aliphatic heterocycles. The minimum atomic E-state index is -1.45. The topological polar surface area (TPSA) is 82.4 Å². The van der Waals surface area contributed by atoms with Gasteiger partial charge in [-0.25, -0.2) is 9.97 Å². The van der Waals surface area contributed by atoms with E-state index < -0.39 is 16.6 Å². The summed E-state index contributed by atoms with van der Waals surface area (Å²) in [4.78, 5) is 15.0. The van der Waals surface area contributed by atoms with Crippen molar-refractivity contribution in [3.63, 3.8) is 0 Å². The van der Waals surface area contributed by atoms with E-state index in [1.165, 1.54) is 5.56 Å². The highest BCUT2D eigenvalue weighted by molar-refractivity contribution is 5.45. The van der Waals surface area contributed by atoms with E-state index in [-0.39, 0.29) is 0 Å². The Morgan fingerprint density at radius 1 is 1.06 bits per heavy atom. The first-order valence-electron chi connectivity index (χ1n) is 12.0. The SMILES string of the molecule is Cc1nccc(C(C)(O)C#Cc2cncc(C(O)(c3ccc(C(C)C)cc3)C3(C)CN(C)C3)c2)n1. The molecule has 0 bridgehead atoms. The summed E-state index contributed by atoms with van der Waals surface area (Å²) in [6.07, 6.45) is 4.98. The summed E-state index contributed by atoms with van der Waals surface area (Å²) in [6, 6.07) is 11.8. The van der Waals surface area contributed by atoms with Crippen LogP contribution in [0.3, 0.4) is 0 Å². The van der Waals surface area contributed by atoms with Crippen molar-refractivity contribution in [2.24, 2.45) is 5.41 Å². The Balaban J connectivity index is 1.75. The maximum Gasteiger partial charge on any atom is 0.165 e. The van der Waals surface area contributed by atoms with Crippen LogP contribution in [0.1, 0.15) is 67.4 Å². The van der Waals surface area contributed by atoms with Crippen LogP contribution in [0.2, 0.25) is 0 Å². The molecule has 2 N–H and O–H groups in total. The standard InChI is InChI=1S/C29H34N4O2/c1-20(2)23-7-9-24(10-8-23)29(35,27(4)18-33(6)19-27)25-15-22(16-30-17-25)11-13-28(5,34)26-12-14-31-21(3)32-26/h7-10,12,14-17,20,34-35H,18-19H2,1-6H3. The van der Waals surface area contributed by atoms with Gasteiger partial charge in [0.2, 0.25) is 0 Å². The molecular formula is C29H34N4O2. The highest BCUT2D eigenvalue weighted by Gasteiger charge is 2.55. The fraction of sp³-hybridized carbons (Fsp3) is 0.414. The summed E-state index contributed by atoms with van der Waals surface area (Å²) in [5.74, 6) is 6.94. The second-order valence-corrected chi connectivity index (χ2v) is 10.5. The third kappa shape index (κ3) is 4.72. The van der Waals surface area contributed by atoms with E-state index in [4.69, 9.17) is 0 Å². The molecule has 0 aliphatic carbocycles. The number of aliphatic hydroxyl groups is 2. The van der Waals surface area contributed by atoms with Crippen LogP contribution in [0.4, 0.5) is 0 Å². The van der Waals surface area contributed by atoms with Gasteiger partial charge in [0.05, 0.1) is 5.69 Å². The molecule has 1 saturated heterocycles. The highest BCUT2D eigenvalue weighted by Crippen LogP contribution is 2.50.